The summed E-state index contributed by atoms with van der Waals surface area (Å²) in [7, 11) is -1.45. The van der Waals surface area contributed by atoms with Crippen molar-refractivity contribution in [3.63, 3.8) is 0 Å². The van der Waals surface area contributed by atoms with E-state index < -0.39 is 8.32 Å². The largest absolute Gasteiger partial charge is 0.415 e. The number of oxime groups is 1. The Kier molecular flexibility index (Phi) is 6.31. The van der Waals surface area contributed by atoms with Gasteiger partial charge in [0.05, 0.1) is 5.71 Å². The van der Waals surface area contributed by atoms with E-state index in [1.165, 1.54) is 62.6 Å². The summed E-state index contributed by atoms with van der Waals surface area (Å²) in [6, 6.07) is 10.4. The van der Waals surface area contributed by atoms with Gasteiger partial charge in [0.1, 0.15) is 6.61 Å². The molecule has 0 unspecified atom stereocenters. The van der Waals surface area contributed by atoms with Crippen LogP contribution in [0.2, 0.25) is 19.6 Å². The Morgan fingerprint density at radius 2 is 1.73 bits per heavy atom. The maximum absolute atomic E-state index is 6.59. The maximum atomic E-state index is 6.59. The molecule has 182 valence electrons. The second-order valence-electron chi connectivity index (χ2n) is 13.1. The van der Waals surface area contributed by atoms with Crippen molar-refractivity contribution < 1.29 is 9.26 Å². The molecule has 0 spiro atoms. The molecule has 0 aliphatic heterocycles. The van der Waals surface area contributed by atoms with E-state index >= 15 is 0 Å². The molecule has 4 fully saturated rings. The maximum Gasteiger partial charge on any atom is 0.184 e. The Bertz CT molecular complexity index is 864. The van der Waals surface area contributed by atoms with Crippen molar-refractivity contribution in [1.29, 1.82) is 0 Å². The lowest BCUT2D eigenvalue weighted by Crippen LogP contribution is -2.54. The Morgan fingerprint density at radius 1 is 0.939 bits per heavy atom. The number of benzene rings is 1. The van der Waals surface area contributed by atoms with Crippen molar-refractivity contribution in [1.82, 2.24) is 0 Å². The van der Waals surface area contributed by atoms with E-state index in [0.29, 0.717) is 18.1 Å². The predicted octanol–water partition coefficient (Wildman–Crippen LogP) is 7.82. The highest BCUT2D eigenvalue weighted by atomic mass is 28.4. The third-order valence-electron chi connectivity index (χ3n) is 10.1. The van der Waals surface area contributed by atoms with Crippen LogP contribution in [0, 0.1) is 34.5 Å². The first-order valence-electron chi connectivity index (χ1n) is 13.6. The topological polar surface area (TPSA) is 30.8 Å². The quantitative estimate of drug-likeness (QED) is 0.326. The van der Waals surface area contributed by atoms with Crippen LogP contribution in [0.5, 0.6) is 0 Å². The van der Waals surface area contributed by atoms with Crippen LogP contribution in [0.15, 0.2) is 35.5 Å². The average Bonchev–Trinajstić information content (AvgIpc) is 3.10. The summed E-state index contributed by atoms with van der Waals surface area (Å²) in [5.41, 5.74) is 3.32. The van der Waals surface area contributed by atoms with Crippen LogP contribution >= 0.6 is 0 Å². The number of fused-ring (bicyclic) bond motifs is 5. The summed E-state index contributed by atoms with van der Waals surface area (Å²) in [6.45, 7) is 12.8. The van der Waals surface area contributed by atoms with Gasteiger partial charge < -0.3 is 9.26 Å². The fraction of sp³-hybridized carbons (Fsp3) is 0.759. The van der Waals surface area contributed by atoms with Gasteiger partial charge in [0.25, 0.3) is 0 Å². The molecule has 7 atom stereocenters. The van der Waals surface area contributed by atoms with E-state index in [1.807, 2.05) is 0 Å². The molecule has 4 heteroatoms. The molecule has 0 bridgehead atoms. The van der Waals surface area contributed by atoms with Gasteiger partial charge >= 0.3 is 0 Å². The molecule has 1 aromatic carbocycles. The van der Waals surface area contributed by atoms with Crippen molar-refractivity contribution in [2.75, 3.05) is 0 Å². The molecule has 0 aromatic heterocycles. The Morgan fingerprint density at radius 3 is 2.48 bits per heavy atom. The highest BCUT2D eigenvalue weighted by molar-refractivity contribution is 6.69. The van der Waals surface area contributed by atoms with Gasteiger partial charge in [-0.1, -0.05) is 49.3 Å². The van der Waals surface area contributed by atoms with Crippen LogP contribution in [0.25, 0.3) is 0 Å². The Labute approximate surface area is 202 Å². The molecule has 0 saturated heterocycles. The highest BCUT2D eigenvalue weighted by Crippen LogP contribution is 2.65. The second kappa shape index (κ2) is 8.82. The number of hydrogen-bond acceptors (Lipinski definition) is 3. The normalized spacial score (nSPS) is 41.8. The first-order valence-corrected chi connectivity index (χ1v) is 17.0. The molecule has 4 aliphatic rings. The first-order chi connectivity index (χ1) is 15.7. The van der Waals surface area contributed by atoms with Crippen molar-refractivity contribution in [2.45, 2.75) is 104 Å². The molecule has 3 nitrogen and oxygen atoms in total. The van der Waals surface area contributed by atoms with Gasteiger partial charge in [-0.05, 0) is 112 Å². The minimum absolute atomic E-state index is 0.249. The second-order valence-corrected chi connectivity index (χ2v) is 17.5. The first kappa shape index (κ1) is 23.6. The van der Waals surface area contributed by atoms with Crippen molar-refractivity contribution in [2.24, 2.45) is 39.7 Å². The van der Waals surface area contributed by atoms with Crippen molar-refractivity contribution in [3.8, 4) is 0 Å². The zero-order valence-electron chi connectivity index (χ0n) is 21.6. The SMILES string of the molecule is C[C@]12CC[C@@H](O[Si](C)(C)C)C[C@H]1CC[C@@H]1[C@@H]2CC[C@]2(C)/C(=N/OCc3ccccc3)CC[C@@H]12. The molecule has 0 heterocycles. The van der Waals surface area contributed by atoms with Crippen molar-refractivity contribution in [3.05, 3.63) is 35.9 Å². The fourth-order valence-corrected chi connectivity index (χ4v) is 9.74. The molecular formula is C29H45NO2Si. The van der Waals surface area contributed by atoms with Gasteiger partial charge in [0.2, 0.25) is 0 Å². The number of rotatable bonds is 5. The van der Waals surface area contributed by atoms with Crippen molar-refractivity contribution >= 4 is 14.0 Å². The molecule has 33 heavy (non-hydrogen) atoms. The van der Waals surface area contributed by atoms with Crippen LogP contribution in [-0.4, -0.2) is 20.1 Å². The average molecular weight is 468 g/mol. The van der Waals surface area contributed by atoms with E-state index in [4.69, 9.17) is 14.4 Å². The summed E-state index contributed by atoms with van der Waals surface area (Å²) in [5, 5.41) is 4.76. The van der Waals surface area contributed by atoms with Gasteiger partial charge in [-0.2, -0.15) is 0 Å². The zero-order chi connectivity index (χ0) is 23.3. The minimum atomic E-state index is -1.45. The molecule has 5 rings (SSSR count). The Balaban J connectivity index is 1.26. The highest BCUT2D eigenvalue weighted by Gasteiger charge is 2.59. The lowest BCUT2D eigenvalue weighted by atomic mass is 9.45. The summed E-state index contributed by atoms with van der Waals surface area (Å²) < 4.78 is 6.59. The molecule has 4 aliphatic carbocycles. The molecule has 1 aromatic rings. The van der Waals surface area contributed by atoms with E-state index in [2.05, 4.69) is 63.8 Å². The summed E-state index contributed by atoms with van der Waals surface area (Å²) in [6.07, 6.45) is 12.4. The standard InChI is InChI=1S/C29H45NO2Si/c1-28-17-15-23(32-33(3,4)5)19-22(28)11-12-24-25-13-14-27(29(25,2)18-16-26(24)28)30-31-20-21-9-7-6-8-10-21/h6-10,22-26H,11-20H2,1-5H3/b30-27+/t22-,23-,24+,25+,26+,28+,29+/m1/s1. The van der Waals surface area contributed by atoms with Crippen LogP contribution in [-0.2, 0) is 15.9 Å². The minimum Gasteiger partial charge on any atom is -0.415 e. The van der Waals surface area contributed by atoms with E-state index in [-0.39, 0.29) is 5.41 Å². The molecule has 4 saturated carbocycles. The van der Waals surface area contributed by atoms with E-state index in [0.717, 1.165) is 30.1 Å². The number of hydrogen-bond donors (Lipinski definition) is 0. The summed E-state index contributed by atoms with van der Waals surface area (Å²) in [4.78, 5) is 5.89. The zero-order valence-corrected chi connectivity index (χ0v) is 22.6. The summed E-state index contributed by atoms with van der Waals surface area (Å²) in [5.74, 6) is 3.43. The van der Waals surface area contributed by atoms with Gasteiger partial charge in [-0.15, -0.1) is 0 Å². The third kappa shape index (κ3) is 4.47. The molecule has 0 radical (unpaired) electrons. The van der Waals surface area contributed by atoms with Crippen LogP contribution in [0.1, 0.15) is 77.2 Å². The predicted molar refractivity (Wildman–Crippen MR) is 139 cm³/mol. The number of nitrogens with zero attached hydrogens (tertiary/aromatic N) is 1. The molecule has 0 amide bonds. The lowest BCUT2D eigenvalue weighted by Gasteiger charge is -2.60. The van der Waals surface area contributed by atoms with Gasteiger partial charge in [-0.25, -0.2) is 0 Å². The fourth-order valence-electron chi connectivity index (χ4n) is 8.52. The van der Waals surface area contributed by atoms with Gasteiger partial charge in [-0.3, -0.25) is 0 Å². The van der Waals surface area contributed by atoms with E-state index in [1.54, 1.807) is 0 Å². The van der Waals surface area contributed by atoms with E-state index in [9.17, 15) is 0 Å². The van der Waals surface area contributed by atoms with Gasteiger partial charge in [0, 0.05) is 11.5 Å². The lowest BCUT2D eigenvalue weighted by molar-refractivity contribution is -0.111. The van der Waals surface area contributed by atoms with Crippen LogP contribution in [0.3, 0.4) is 0 Å². The van der Waals surface area contributed by atoms with Crippen LogP contribution in [0.4, 0.5) is 0 Å². The Hall–Kier alpha value is -1.13. The summed E-state index contributed by atoms with van der Waals surface area (Å²) >= 11 is 0. The molecular weight excluding hydrogens is 422 g/mol. The molecule has 0 N–H and O–H groups in total. The van der Waals surface area contributed by atoms with Gasteiger partial charge in [0.15, 0.2) is 8.32 Å². The third-order valence-corrected chi connectivity index (χ3v) is 11.2. The monoisotopic (exact) mass is 467 g/mol. The van der Waals surface area contributed by atoms with Crippen LogP contribution < -0.4 is 0 Å². The smallest absolute Gasteiger partial charge is 0.184 e.